The van der Waals surface area contributed by atoms with Crippen molar-refractivity contribution >= 4 is 18.0 Å². The Labute approximate surface area is 161 Å². The van der Waals surface area contributed by atoms with Crippen molar-refractivity contribution in [3.8, 4) is 5.75 Å². The molecule has 2 fully saturated rings. The van der Waals surface area contributed by atoms with Crippen LogP contribution >= 0.6 is 0 Å². The van der Waals surface area contributed by atoms with Gasteiger partial charge in [0, 0.05) is 24.2 Å². The topological polar surface area (TPSA) is 66.8 Å². The summed E-state index contributed by atoms with van der Waals surface area (Å²) in [6.45, 7) is 1.50. The molecule has 1 aliphatic carbocycles. The van der Waals surface area contributed by atoms with E-state index in [9.17, 15) is 14.7 Å². The maximum atomic E-state index is 12.7. The molecule has 2 aliphatic rings. The quantitative estimate of drug-likeness (QED) is 0.791. The second-order valence-electron chi connectivity index (χ2n) is 7.83. The fourth-order valence-corrected chi connectivity index (χ4v) is 4.47. The van der Waals surface area contributed by atoms with Gasteiger partial charge < -0.3 is 14.7 Å². The highest BCUT2D eigenvalue weighted by atomic mass is 16.5. The van der Waals surface area contributed by atoms with Crippen LogP contribution in [0, 0.1) is 5.41 Å². The first kappa shape index (κ1) is 19.5. The molecule has 0 atom stereocenters. The Bertz CT molecular complexity index is 709. The number of piperidine rings is 1. The summed E-state index contributed by atoms with van der Waals surface area (Å²) >= 11 is 0. The summed E-state index contributed by atoms with van der Waals surface area (Å²) in [5, 5.41) is 9.56. The molecular formula is C22H29NO4. The molecule has 1 saturated carbocycles. The Hall–Kier alpha value is -2.30. The van der Waals surface area contributed by atoms with Gasteiger partial charge in [-0.2, -0.15) is 0 Å². The van der Waals surface area contributed by atoms with Gasteiger partial charge in [0.1, 0.15) is 5.75 Å². The maximum Gasteiger partial charge on any atom is 0.332 e. The van der Waals surface area contributed by atoms with Gasteiger partial charge >= 0.3 is 5.97 Å². The van der Waals surface area contributed by atoms with E-state index in [1.54, 1.807) is 25.3 Å². The van der Waals surface area contributed by atoms with Gasteiger partial charge in [-0.15, -0.1) is 0 Å². The SMILES string of the molecule is COc1ccccc1/C=C(\CC(=O)N1CCC2(CCCCC2)CC1)C(=O)O. The highest BCUT2D eigenvalue weighted by molar-refractivity contribution is 5.98. The van der Waals surface area contributed by atoms with Crippen LogP contribution in [0.5, 0.6) is 5.75 Å². The third kappa shape index (κ3) is 4.71. The van der Waals surface area contributed by atoms with Gasteiger partial charge in [-0.1, -0.05) is 37.5 Å². The number of para-hydroxylation sites is 1. The number of likely N-dealkylation sites (tertiary alicyclic amines) is 1. The third-order valence-corrected chi connectivity index (χ3v) is 6.18. The van der Waals surface area contributed by atoms with Crippen molar-refractivity contribution in [2.24, 2.45) is 5.41 Å². The van der Waals surface area contributed by atoms with E-state index in [4.69, 9.17) is 4.74 Å². The van der Waals surface area contributed by atoms with Crippen molar-refractivity contribution in [3.63, 3.8) is 0 Å². The Morgan fingerprint density at radius 1 is 1.11 bits per heavy atom. The molecule has 1 spiro atoms. The van der Waals surface area contributed by atoms with Crippen LogP contribution in [0.2, 0.25) is 0 Å². The van der Waals surface area contributed by atoms with E-state index in [0.717, 1.165) is 25.9 Å². The number of carbonyl (C=O) groups excluding carboxylic acids is 1. The van der Waals surface area contributed by atoms with E-state index in [1.165, 1.54) is 32.1 Å². The summed E-state index contributed by atoms with van der Waals surface area (Å²) in [5.74, 6) is -0.555. The van der Waals surface area contributed by atoms with Gasteiger partial charge in [-0.3, -0.25) is 4.79 Å². The maximum absolute atomic E-state index is 12.7. The van der Waals surface area contributed by atoms with Crippen LogP contribution in [-0.2, 0) is 9.59 Å². The lowest BCUT2D eigenvalue weighted by Gasteiger charge is -2.44. The van der Waals surface area contributed by atoms with Crippen molar-refractivity contribution in [2.45, 2.75) is 51.4 Å². The molecule has 146 valence electrons. The van der Waals surface area contributed by atoms with Gasteiger partial charge in [0.2, 0.25) is 5.91 Å². The number of carboxylic acids is 1. The molecule has 0 unspecified atom stereocenters. The summed E-state index contributed by atoms with van der Waals surface area (Å²) in [4.78, 5) is 26.2. The lowest BCUT2D eigenvalue weighted by molar-refractivity contribution is -0.137. The van der Waals surface area contributed by atoms with Gasteiger partial charge in [-0.05, 0) is 43.2 Å². The van der Waals surface area contributed by atoms with Gasteiger partial charge in [0.15, 0.2) is 0 Å². The minimum absolute atomic E-state index is 0.0830. The minimum atomic E-state index is -1.06. The first-order valence-electron chi connectivity index (χ1n) is 9.88. The highest BCUT2D eigenvalue weighted by Crippen LogP contribution is 2.44. The van der Waals surface area contributed by atoms with E-state index >= 15 is 0 Å². The third-order valence-electron chi connectivity index (χ3n) is 6.18. The molecule has 0 aromatic heterocycles. The van der Waals surface area contributed by atoms with Crippen LogP contribution in [0.25, 0.3) is 6.08 Å². The number of carboxylic acid groups (broad SMARTS) is 1. The number of hydrogen-bond acceptors (Lipinski definition) is 3. The number of hydrogen-bond donors (Lipinski definition) is 1. The van der Waals surface area contributed by atoms with Crippen LogP contribution in [0.15, 0.2) is 29.8 Å². The normalized spacial score (nSPS) is 19.7. The molecule has 27 heavy (non-hydrogen) atoms. The van der Waals surface area contributed by atoms with Crippen LogP contribution in [-0.4, -0.2) is 42.1 Å². The molecule has 1 N–H and O–H groups in total. The van der Waals surface area contributed by atoms with Crippen LogP contribution in [0.3, 0.4) is 0 Å². The number of amides is 1. The van der Waals surface area contributed by atoms with Gasteiger partial charge in [0.05, 0.1) is 13.5 Å². The second kappa shape index (κ2) is 8.59. The minimum Gasteiger partial charge on any atom is -0.496 e. The highest BCUT2D eigenvalue weighted by Gasteiger charge is 2.36. The molecule has 5 nitrogen and oxygen atoms in total. The van der Waals surface area contributed by atoms with Crippen molar-refractivity contribution in [3.05, 3.63) is 35.4 Å². The largest absolute Gasteiger partial charge is 0.496 e. The van der Waals surface area contributed by atoms with E-state index in [0.29, 0.717) is 16.7 Å². The first-order valence-corrected chi connectivity index (χ1v) is 9.88. The van der Waals surface area contributed by atoms with Crippen molar-refractivity contribution in [2.75, 3.05) is 20.2 Å². The van der Waals surface area contributed by atoms with E-state index in [1.807, 2.05) is 17.0 Å². The lowest BCUT2D eigenvalue weighted by atomic mass is 9.68. The van der Waals surface area contributed by atoms with Gasteiger partial charge in [-0.25, -0.2) is 4.79 Å². The second-order valence-corrected chi connectivity index (χ2v) is 7.83. The van der Waals surface area contributed by atoms with E-state index in [2.05, 4.69) is 0 Å². The zero-order valence-corrected chi connectivity index (χ0v) is 16.1. The monoisotopic (exact) mass is 371 g/mol. The number of carbonyl (C=O) groups is 2. The predicted octanol–water partition coefficient (Wildman–Crippen LogP) is 4.13. The standard InChI is InChI=1S/C22H29NO4/c1-27-19-8-4-3-7-17(19)15-18(21(25)26)16-20(24)23-13-11-22(12-14-23)9-5-2-6-10-22/h3-4,7-8,15H,2,5-6,9-14,16H2,1H3,(H,25,26)/b18-15+. The molecule has 1 aromatic carbocycles. The zero-order valence-electron chi connectivity index (χ0n) is 16.1. The summed E-state index contributed by atoms with van der Waals surface area (Å²) in [5.41, 5.74) is 1.20. The number of methoxy groups -OCH3 is 1. The number of nitrogens with zero attached hydrogens (tertiary/aromatic N) is 1. The Kier molecular flexibility index (Phi) is 6.19. The summed E-state index contributed by atoms with van der Waals surface area (Å²) < 4.78 is 5.28. The van der Waals surface area contributed by atoms with Crippen LogP contribution in [0.1, 0.15) is 56.9 Å². The lowest BCUT2D eigenvalue weighted by Crippen LogP contribution is -2.44. The molecule has 5 heteroatoms. The number of ether oxygens (including phenoxy) is 1. The first-order chi connectivity index (χ1) is 13.0. The zero-order chi connectivity index (χ0) is 19.3. The molecular weight excluding hydrogens is 342 g/mol. The number of aliphatic carboxylic acids is 1. The average molecular weight is 371 g/mol. The number of benzene rings is 1. The van der Waals surface area contributed by atoms with Crippen molar-refractivity contribution < 1.29 is 19.4 Å². The Balaban J connectivity index is 1.66. The molecule has 3 rings (SSSR count). The Morgan fingerprint density at radius 3 is 2.41 bits per heavy atom. The molecule has 1 aliphatic heterocycles. The number of rotatable bonds is 5. The summed E-state index contributed by atoms with van der Waals surface area (Å²) in [6.07, 6.45) is 10.1. The Morgan fingerprint density at radius 2 is 1.78 bits per heavy atom. The molecule has 1 aromatic rings. The van der Waals surface area contributed by atoms with E-state index in [-0.39, 0.29) is 17.9 Å². The average Bonchev–Trinajstić information content (AvgIpc) is 2.69. The molecule has 1 heterocycles. The van der Waals surface area contributed by atoms with Crippen molar-refractivity contribution in [1.82, 2.24) is 4.90 Å². The molecule has 1 saturated heterocycles. The summed E-state index contributed by atoms with van der Waals surface area (Å²) in [7, 11) is 1.55. The van der Waals surface area contributed by atoms with Gasteiger partial charge in [0.25, 0.3) is 0 Å². The molecule has 0 bridgehead atoms. The predicted molar refractivity (Wildman–Crippen MR) is 105 cm³/mol. The molecule has 0 radical (unpaired) electrons. The van der Waals surface area contributed by atoms with Crippen molar-refractivity contribution in [1.29, 1.82) is 0 Å². The fraction of sp³-hybridized carbons (Fsp3) is 0.545. The molecule has 1 amide bonds. The summed E-state index contributed by atoms with van der Waals surface area (Å²) in [6, 6.07) is 7.22. The van der Waals surface area contributed by atoms with Crippen LogP contribution < -0.4 is 4.74 Å². The van der Waals surface area contributed by atoms with E-state index < -0.39 is 5.97 Å². The smallest absolute Gasteiger partial charge is 0.332 e. The van der Waals surface area contributed by atoms with Crippen LogP contribution in [0.4, 0.5) is 0 Å². The fourth-order valence-electron chi connectivity index (χ4n) is 4.47.